The Labute approximate surface area is 117 Å². The van der Waals surface area contributed by atoms with E-state index in [4.69, 9.17) is 0 Å². The van der Waals surface area contributed by atoms with Crippen LogP contribution in [0.1, 0.15) is 27.7 Å². The van der Waals surface area contributed by atoms with Crippen LogP contribution in [-0.4, -0.2) is 40.5 Å². The molecule has 1 amide bonds. The Bertz CT molecular complexity index is 424. The smallest absolute Gasteiger partial charge is 0.231 e. The number of carbonyl (C=O) groups excluding carboxylic acids is 1. The molecule has 1 rings (SSSR count). The molecule has 0 radical (unpaired) electrons. The molecule has 19 heavy (non-hydrogen) atoms. The van der Waals surface area contributed by atoms with Crippen LogP contribution in [0.15, 0.2) is 5.16 Å². The third-order valence-electron chi connectivity index (χ3n) is 2.27. The monoisotopic (exact) mass is 284 g/mol. The molecule has 0 atom stereocenters. The van der Waals surface area contributed by atoms with Crippen LogP contribution in [0.25, 0.3) is 0 Å². The summed E-state index contributed by atoms with van der Waals surface area (Å²) in [4.78, 5) is 25.9. The lowest BCUT2D eigenvalue weighted by Crippen LogP contribution is -2.25. The zero-order valence-electron chi connectivity index (χ0n) is 11.7. The molecule has 1 heterocycles. The fraction of sp³-hybridized carbons (Fsp3) is 0.636. The van der Waals surface area contributed by atoms with Crippen LogP contribution >= 0.6 is 11.9 Å². The second kappa shape index (κ2) is 7.78. The van der Waals surface area contributed by atoms with Crippen LogP contribution < -0.4 is 14.9 Å². The quantitative estimate of drug-likeness (QED) is 0.730. The Morgan fingerprint density at radius 3 is 2.42 bits per heavy atom. The van der Waals surface area contributed by atoms with Gasteiger partial charge in [0.15, 0.2) is 0 Å². The molecule has 0 saturated carbocycles. The Balaban J connectivity index is 2.98. The van der Waals surface area contributed by atoms with Crippen LogP contribution in [0.5, 0.6) is 0 Å². The van der Waals surface area contributed by atoms with Crippen molar-refractivity contribution >= 4 is 29.8 Å². The highest BCUT2D eigenvalue weighted by molar-refractivity contribution is 7.97. The van der Waals surface area contributed by atoms with Crippen molar-refractivity contribution in [1.82, 2.24) is 19.7 Å². The van der Waals surface area contributed by atoms with Crippen LogP contribution in [0.2, 0.25) is 0 Å². The van der Waals surface area contributed by atoms with Crippen molar-refractivity contribution in [2.45, 2.75) is 32.9 Å². The highest BCUT2D eigenvalue weighted by atomic mass is 32.2. The summed E-state index contributed by atoms with van der Waals surface area (Å²) in [6.45, 7) is 9.87. The van der Waals surface area contributed by atoms with Crippen LogP contribution in [0.3, 0.4) is 0 Å². The van der Waals surface area contributed by atoms with E-state index in [1.165, 1.54) is 6.92 Å². The molecule has 8 heteroatoms. The van der Waals surface area contributed by atoms with Crippen LogP contribution in [0, 0.1) is 0 Å². The van der Waals surface area contributed by atoms with Gasteiger partial charge in [-0.25, -0.2) is 0 Å². The van der Waals surface area contributed by atoms with E-state index in [9.17, 15) is 4.79 Å². The Kier molecular flexibility index (Phi) is 6.34. The van der Waals surface area contributed by atoms with Gasteiger partial charge in [0.05, 0.1) is 0 Å². The topological polar surface area (TPSA) is 83.0 Å². The summed E-state index contributed by atoms with van der Waals surface area (Å²) >= 11 is 1.09. The first-order valence-electron chi connectivity index (χ1n) is 6.28. The first-order chi connectivity index (χ1) is 9.10. The van der Waals surface area contributed by atoms with Crippen molar-refractivity contribution in [3.8, 4) is 0 Å². The predicted octanol–water partition coefficient (Wildman–Crippen LogP) is 1.29. The molecule has 1 aromatic heterocycles. The Morgan fingerprint density at radius 1 is 1.21 bits per heavy atom. The van der Waals surface area contributed by atoms with Gasteiger partial charge in [-0.1, -0.05) is 0 Å². The minimum atomic E-state index is -0.139. The fourth-order valence-corrected chi connectivity index (χ4v) is 1.89. The van der Waals surface area contributed by atoms with Crippen molar-refractivity contribution in [1.29, 1.82) is 0 Å². The van der Waals surface area contributed by atoms with E-state index in [0.717, 1.165) is 31.6 Å². The number of hydrogen-bond donors (Lipinski definition) is 2. The summed E-state index contributed by atoms with van der Waals surface area (Å²) in [5.74, 6) is 0.996. The van der Waals surface area contributed by atoms with Crippen LogP contribution in [-0.2, 0) is 4.79 Å². The van der Waals surface area contributed by atoms with Gasteiger partial charge in [0.1, 0.15) is 0 Å². The summed E-state index contributed by atoms with van der Waals surface area (Å²) in [7, 11) is 0. The van der Waals surface area contributed by atoms with E-state index >= 15 is 0 Å². The molecule has 106 valence electrons. The van der Waals surface area contributed by atoms with Crippen molar-refractivity contribution in [2.75, 3.05) is 29.9 Å². The zero-order valence-corrected chi connectivity index (χ0v) is 12.5. The number of aromatic nitrogens is 3. The summed E-state index contributed by atoms with van der Waals surface area (Å²) in [5.41, 5.74) is 0. The van der Waals surface area contributed by atoms with Gasteiger partial charge in [-0.2, -0.15) is 15.0 Å². The highest BCUT2D eigenvalue weighted by Crippen LogP contribution is 2.16. The van der Waals surface area contributed by atoms with Gasteiger partial charge in [-0.3, -0.25) is 9.52 Å². The molecular formula is C11H20N6OS. The molecule has 0 aliphatic carbocycles. The van der Waals surface area contributed by atoms with E-state index in [1.54, 1.807) is 0 Å². The second-order valence-electron chi connectivity index (χ2n) is 3.70. The van der Waals surface area contributed by atoms with Crippen molar-refractivity contribution in [2.24, 2.45) is 0 Å². The van der Waals surface area contributed by atoms with Gasteiger partial charge < -0.3 is 10.2 Å². The lowest BCUT2D eigenvalue weighted by molar-refractivity contribution is -0.117. The molecule has 7 nitrogen and oxygen atoms in total. The maximum Gasteiger partial charge on any atom is 0.231 e. The molecule has 0 spiro atoms. The largest absolute Gasteiger partial charge is 0.354 e. The van der Waals surface area contributed by atoms with E-state index in [2.05, 4.69) is 25.0 Å². The predicted molar refractivity (Wildman–Crippen MR) is 77.2 cm³/mol. The molecule has 0 saturated heterocycles. The third-order valence-corrected chi connectivity index (χ3v) is 3.02. The van der Waals surface area contributed by atoms with E-state index in [1.807, 2.05) is 25.7 Å². The summed E-state index contributed by atoms with van der Waals surface area (Å²) in [6, 6.07) is 0. The van der Waals surface area contributed by atoms with Gasteiger partial charge in [-0.15, -0.1) is 0 Å². The van der Waals surface area contributed by atoms with Crippen LogP contribution in [0.4, 0.5) is 11.9 Å². The fourth-order valence-electron chi connectivity index (χ4n) is 1.39. The number of amides is 1. The molecule has 0 aliphatic heterocycles. The minimum absolute atomic E-state index is 0.139. The SMILES string of the molecule is CCNc1nc(SNC(C)=O)nc(N(CC)CC)n1. The first kappa shape index (κ1) is 15.5. The normalized spacial score (nSPS) is 10.1. The molecule has 0 bridgehead atoms. The maximum absolute atomic E-state index is 10.9. The molecule has 1 aromatic rings. The van der Waals surface area contributed by atoms with E-state index in [0.29, 0.717) is 17.1 Å². The third kappa shape index (κ3) is 4.90. The zero-order chi connectivity index (χ0) is 14.3. The van der Waals surface area contributed by atoms with E-state index < -0.39 is 0 Å². The Morgan fingerprint density at radius 2 is 1.89 bits per heavy atom. The van der Waals surface area contributed by atoms with Crippen molar-refractivity contribution < 1.29 is 4.79 Å². The number of anilines is 2. The number of hydrogen-bond acceptors (Lipinski definition) is 7. The summed E-state index contributed by atoms with van der Waals surface area (Å²) in [6.07, 6.45) is 0. The van der Waals surface area contributed by atoms with E-state index in [-0.39, 0.29) is 5.91 Å². The Hall–Kier alpha value is -1.57. The number of rotatable bonds is 7. The van der Waals surface area contributed by atoms with Gasteiger partial charge >= 0.3 is 0 Å². The first-order valence-corrected chi connectivity index (χ1v) is 7.10. The second-order valence-corrected chi connectivity index (χ2v) is 4.48. The van der Waals surface area contributed by atoms with Gasteiger partial charge in [0.2, 0.25) is 23.0 Å². The number of carbonyl (C=O) groups is 1. The van der Waals surface area contributed by atoms with Crippen molar-refractivity contribution in [3.63, 3.8) is 0 Å². The standard InChI is InChI=1S/C11H20N6OS/c1-5-12-9-13-10(17(6-2)7-3)15-11(14-9)19-16-8(4)18/h5-7H2,1-4H3,(H,16,18)(H,12,13,14,15). The average Bonchev–Trinajstić information content (AvgIpc) is 2.38. The highest BCUT2D eigenvalue weighted by Gasteiger charge is 2.11. The molecule has 0 aromatic carbocycles. The molecule has 0 unspecified atom stereocenters. The lowest BCUT2D eigenvalue weighted by Gasteiger charge is -2.19. The number of nitrogens with one attached hydrogen (secondary N) is 2. The molecule has 2 N–H and O–H groups in total. The molecular weight excluding hydrogens is 264 g/mol. The van der Waals surface area contributed by atoms with Gasteiger partial charge in [0, 0.05) is 38.5 Å². The minimum Gasteiger partial charge on any atom is -0.354 e. The van der Waals surface area contributed by atoms with Gasteiger partial charge in [0.25, 0.3) is 0 Å². The maximum atomic E-state index is 10.9. The van der Waals surface area contributed by atoms with Gasteiger partial charge in [-0.05, 0) is 20.8 Å². The lowest BCUT2D eigenvalue weighted by atomic mass is 10.5. The summed E-state index contributed by atoms with van der Waals surface area (Å²) in [5, 5.41) is 3.54. The number of nitrogens with zero attached hydrogens (tertiary/aromatic N) is 4. The molecule has 0 aliphatic rings. The average molecular weight is 284 g/mol. The van der Waals surface area contributed by atoms with Crippen molar-refractivity contribution in [3.05, 3.63) is 0 Å². The summed E-state index contributed by atoms with van der Waals surface area (Å²) < 4.78 is 2.61. The molecule has 0 fully saturated rings.